The van der Waals surface area contributed by atoms with E-state index in [1.165, 1.54) is 5.56 Å². The molecule has 3 aromatic rings. The Labute approximate surface area is 150 Å². The zero-order chi connectivity index (χ0) is 17.7. The average Bonchev–Trinajstić information content (AvgIpc) is 3.33. The molecule has 1 fully saturated rings. The van der Waals surface area contributed by atoms with Crippen molar-refractivity contribution in [1.29, 1.82) is 0 Å². The summed E-state index contributed by atoms with van der Waals surface area (Å²) in [6.45, 7) is 1.48. The van der Waals surface area contributed by atoms with Gasteiger partial charge in [-0.1, -0.05) is 18.2 Å². The van der Waals surface area contributed by atoms with Crippen LogP contribution in [0.2, 0.25) is 0 Å². The van der Waals surface area contributed by atoms with Gasteiger partial charge in [0.25, 0.3) is 5.91 Å². The molecule has 5 rings (SSSR count). The molecule has 2 aliphatic heterocycles. The highest BCUT2D eigenvalue weighted by Gasteiger charge is 2.33. The zero-order valence-electron chi connectivity index (χ0n) is 14.4. The number of aryl methyl sites for hydroxylation is 2. The third kappa shape index (κ3) is 2.20. The Kier molecular flexibility index (Phi) is 3.42. The van der Waals surface area contributed by atoms with E-state index in [0.29, 0.717) is 11.9 Å². The summed E-state index contributed by atoms with van der Waals surface area (Å²) in [7, 11) is 0. The zero-order valence-corrected chi connectivity index (χ0v) is 14.4. The van der Waals surface area contributed by atoms with Crippen molar-refractivity contribution >= 4 is 16.8 Å². The summed E-state index contributed by atoms with van der Waals surface area (Å²) in [5, 5.41) is 0.652. The first kappa shape index (κ1) is 15.3. The highest BCUT2D eigenvalue weighted by atomic mass is 16.2. The molecule has 0 saturated carbocycles. The SMILES string of the molecule is O=C(c1cn2c3c(cccc3c1=O)CC2)N1CCC[C@H]1c1ccccn1. The van der Waals surface area contributed by atoms with E-state index in [-0.39, 0.29) is 22.9 Å². The first-order valence-corrected chi connectivity index (χ1v) is 9.11. The second-order valence-corrected chi connectivity index (χ2v) is 7.04. The number of amides is 1. The van der Waals surface area contributed by atoms with Crippen LogP contribution in [0.4, 0.5) is 0 Å². The first-order valence-electron chi connectivity index (χ1n) is 9.11. The van der Waals surface area contributed by atoms with Crippen LogP contribution < -0.4 is 5.43 Å². The number of carbonyl (C=O) groups excluding carboxylic acids is 1. The van der Waals surface area contributed by atoms with E-state index in [1.807, 2.05) is 35.2 Å². The standard InChI is InChI=1S/C21H19N3O2/c25-20-15-6-3-5-14-9-12-23(19(14)15)13-16(20)21(26)24-11-4-8-18(24)17-7-1-2-10-22-17/h1-3,5-7,10,13,18H,4,8-9,11-12H2/t18-/m0/s1. The smallest absolute Gasteiger partial charge is 0.259 e. The molecule has 26 heavy (non-hydrogen) atoms. The van der Waals surface area contributed by atoms with E-state index in [4.69, 9.17) is 0 Å². The van der Waals surface area contributed by atoms with E-state index in [9.17, 15) is 9.59 Å². The Morgan fingerprint density at radius 3 is 2.88 bits per heavy atom. The number of carbonyl (C=O) groups is 1. The van der Waals surface area contributed by atoms with Crippen molar-refractivity contribution < 1.29 is 4.79 Å². The molecule has 2 aliphatic rings. The fourth-order valence-corrected chi connectivity index (χ4v) is 4.35. The maximum atomic E-state index is 13.3. The number of benzene rings is 1. The van der Waals surface area contributed by atoms with Gasteiger partial charge in [-0.2, -0.15) is 0 Å². The topological polar surface area (TPSA) is 55.2 Å². The molecule has 1 amide bonds. The number of rotatable bonds is 2. The summed E-state index contributed by atoms with van der Waals surface area (Å²) in [5.41, 5.74) is 3.19. The number of likely N-dealkylation sites (tertiary alicyclic amines) is 1. The van der Waals surface area contributed by atoms with Crippen LogP contribution in [-0.2, 0) is 13.0 Å². The molecule has 1 atom stereocenters. The predicted octanol–water partition coefficient (Wildman–Crippen LogP) is 2.93. The molecule has 0 unspecified atom stereocenters. The Balaban J connectivity index is 1.60. The highest BCUT2D eigenvalue weighted by Crippen LogP contribution is 2.32. The van der Waals surface area contributed by atoms with Crippen LogP contribution in [0, 0.1) is 0 Å². The van der Waals surface area contributed by atoms with Crippen molar-refractivity contribution in [2.45, 2.75) is 31.8 Å². The molecule has 0 aliphatic carbocycles. The Morgan fingerprint density at radius 1 is 1.12 bits per heavy atom. The van der Waals surface area contributed by atoms with Gasteiger partial charge in [0, 0.05) is 30.9 Å². The molecule has 0 bridgehead atoms. The summed E-state index contributed by atoms with van der Waals surface area (Å²) in [5.74, 6) is -0.175. The van der Waals surface area contributed by atoms with E-state index in [1.54, 1.807) is 12.4 Å². The maximum Gasteiger partial charge on any atom is 0.259 e. The molecule has 1 aromatic carbocycles. The molecule has 1 saturated heterocycles. The van der Waals surface area contributed by atoms with Crippen LogP contribution in [0.25, 0.3) is 10.9 Å². The van der Waals surface area contributed by atoms with Crippen LogP contribution >= 0.6 is 0 Å². The molecule has 0 N–H and O–H groups in total. The minimum Gasteiger partial charge on any atom is -0.346 e. The Hall–Kier alpha value is -2.95. The van der Waals surface area contributed by atoms with Crippen LogP contribution in [0.1, 0.15) is 40.5 Å². The van der Waals surface area contributed by atoms with Crippen LogP contribution in [0.3, 0.4) is 0 Å². The van der Waals surface area contributed by atoms with Crippen molar-refractivity contribution in [3.8, 4) is 0 Å². The lowest BCUT2D eigenvalue weighted by Crippen LogP contribution is -2.34. The normalized spacial score (nSPS) is 18.6. The predicted molar refractivity (Wildman–Crippen MR) is 99.2 cm³/mol. The van der Waals surface area contributed by atoms with Gasteiger partial charge in [0.05, 0.1) is 17.3 Å². The summed E-state index contributed by atoms with van der Waals surface area (Å²) >= 11 is 0. The van der Waals surface area contributed by atoms with Gasteiger partial charge in [0.1, 0.15) is 5.56 Å². The van der Waals surface area contributed by atoms with Gasteiger partial charge in [0.2, 0.25) is 5.43 Å². The molecule has 0 radical (unpaired) electrons. The van der Waals surface area contributed by atoms with E-state index in [2.05, 4.69) is 15.6 Å². The molecule has 2 aromatic heterocycles. The largest absolute Gasteiger partial charge is 0.346 e. The van der Waals surface area contributed by atoms with Gasteiger partial charge in [-0.3, -0.25) is 14.6 Å². The van der Waals surface area contributed by atoms with Crippen molar-refractivity contribution in [3.05, 3.63) is 75.8 Å². The highest BCUT2D eigenvalue weighted by molar-refractivity contribution is 5.98. The van der Waals surface area contributed by atoms with Gasteiger partial charge < -0.3 is 9.47 Å². The molecule has 130 valence electrons. The van der Waals surface area contributed by atoms with Crippen LogP contribution in [0.15, 0.2) is 53.6 Å². The van der Waals surface area contributed by atoms with Crippen molar-refractivity contribution in [2.24, 2.45) is 0 Å². The van der Waals surface area contributed by atoms with E-state index in [0.717, 1.165) is 37.0 Å². The van der Waals surface area contributed by atoms with Crippen LogP contribution in [0.5, 0.6) is 0 Å². The summed E-state index contributed by atoms with van der Waals surface area (Å²) in [6, 6.07) is 11.5. The molecule has 5 nitrogen and oxygen atoms in total. The minimum atomic E-state index is -0.175. The van der Waals surface area contributed by atoms with E-state index < -0.39 is 0 Å². The van der Waals surface area contributed by atoms with Gasteiger partial charge in [-0.25, -0.2) is 0 Å². The third-order valence-corrected chi connectivity index (χ3v) is 5.58. The Morgan fingerprint density at radius 2 is 2.04 bits per heavy atom. The minimum absolute atomic E-state index is 0.0521. The molecular formula is C21H19N3O2. The van der Waals surface area contributed by atoms with Gasteiger partial charge in [-0.15, -0.1) is 0 Å². The fourth-order valence-electron chi connectivity index (χ4n) is 4.35. The molecular weight excluding hydrogens is 326 g/mol. The summed E-state index contributed by atoms with van der Waals surface area (Å²) in [6.07, 6.45) is 6.24. The van der Waals surface area contributed by atoms with Gasteiger partial charge in [0.15, 0.2) is 0 Å². The summed E-state index contributed by atoms with van der Waals surface area (Å²) < 4.78 is 2.06. The molecule has 5 heteroatoms. The fraction of sp³-hybridized carbons (Fsp3) is 0.286. The second-order valence-electron chi connectivity index (χ2n) is 7.04. The maximum absolute atomic E-state index is 13.3. The number of hydrogen-bond donors (Lipinski definition) is 0. The first-order chi connectivity index (χ1) is 12.7. The summed E-state index contributed by atoms with van der Waals surface area (Å²) in [4.78, 5) is 32.5. The number of aromatic nitrogens is 2. The second kappa shape index (κ2) is 5.80. The lowest BCUT2D eigenvalue weighted by atomic mass is 10.1. The van der Waals surface area contributed by atoms with Crippen molar-refractivity contribution in [1.82, 2.24) is 14.5 Å². The number of para-hydroxylation sites is 1. The molecule has 4 heterocycles. The number of nitrogens with zero attached hydrogens (tertiary/aromatic N) is 3. The lowest BCUT2D eigenvalue weighted by Gasteiger charge is -2.24. The van der Waals surface area contributed by atoms with Crippen molar-refractivity contribution in [2.75, 3.05) is 6.54 Å². The average molecular weight is 345 g/mol. The monoisotopic (exact) mass is 345 g/mol. The number of hydrogen-bond acceptors (Lipinski definition) is 3. The van der Waals surface area contributed by atoms with Gasteiger partial charge in [-0.05, 0) is 43.0 Å². The molecule has 0 spiro atoms. The number of pyridine rings is 2. The van der Waals surface area contributed by atoms with Gasteiger partial charge >= 0.3 is 0 Å². The third-order valence-electron chi connectivity index (χ3n) is 5.58. The quantitative estimate of drug-likeness (QED) is 0.718. The van der Waals surface area contributed by atoms with Crippen LogP contribution in [-0.4, -0.2) is 26.9 Å². The lowest BCUT2D eigenvalue weighted by molar-refractivity contribution is 0.0731. The van der Waals surface area contributed by atoms with Crippen molar-refractivity contribution in [3.63, 3.8) is 0 Å². The van der Waals surface area contributed by atoms with E-state index >= 15 is 0 Å². The Bertz CT molecular complexity index is 1070.